The van der Waals surface area contributed by atoms with E-state index >= 15 is 0 Å². The Balaban J connectivity index is 2.43. The molecule has 2 rings (SSSR count). The Morgan fingerprint density at radius 1 is 1.04 bits per heavy atom. The summed E-state index contributed by atoms with van der Waals surface area (Å²) in [5.41, 5.74) is 0.344. The van der Waals surface area contributed by atoms with E-state index in [0.717, 1.165) is 6.07 Å². The van der Waals surface area contributed by atoms with Gasteiger partial charge in [0.15, 0.2) is 0 Å². The zero-order valence-corrected chi connectivity index (χ0v) is 15.7. The van der Waals surface area contributed by atoms with Crippen LogP contribution in [-0.2, 0) is 9.59 Å². The number of carbonyl (C=O) groups is 2. The van der Waals surface area contributed by atoms with Gasteiger partial charge in [0.2, 0.25) is 5.45 Å². The Kier molecular flexibility index (Phi) is 7.34. The second-order valence-electron chi connectivity index (χ2n) is 6.16. The second-order valence-corrected chi connectivity index (χ2v) is 8.41. The molecule has 28 heavy (non-hydrogen) atoms. The standard InChI is InChI=1S/C19H19FNO6P/c20-15-7-4-8-16(11-15)21-18(13-5-2-1-3-6-13)28(26,27)12-14(19(24)25)9-10-17(22)23/h1-8,11,14,26-27H,9-10,12H2,(H-,22,23,24,25)/p+1. The zero-order valence-electron chi connectivity index (χ0n) is 14.8. The van der Waals surface area contributed by atoms with Crippen molar-refractivity contribution < 1.29 is 34.0 Å². The third-order valence-corrected chi connectivity index (χ3v) is 5.93. The average molecular weight is 408 g/mol. The quantitative estimate of drug-likeness (QED) is 0.372. The van der Waals surface area contributed by atoms with Crippen molar-refractivity contribution in [2.75, 3.05) is 6.16 Å². The Bertz CT molecular complexity index is 872. The average Bonchev–Trinajstić information content (AvgIpc) is 2.63. The topological polar surface area (TPSA) is 127 Å². The molecule has 0 spiro atoms. The molecule has 0 saturated carbocycles. The lowest BCUT2D eigenvalue weighted by Gasteiger charge is -2.18. The number of hydrogen-bond donors (Lipinski definition) is 4. The lowest BCUT2D eigenvalue weighted by Crippen LogP contribution is -2.24. The Labute approximate surface area is 161 Å². The van der Waals surface area contributed by atoms with Gasteiger partial charge in [-0.3, -0.25) is 9.59 Å². The molecule has 2 aromatic carbocycles. The van der Waals surface area contributed by atoms with Gasteiger partial charge in [-0.1, -0.05) is 24.3 Å². The fourth-order valence-electron chi connectivity index (χ4n) is 2.59. The summed E-state index contributed by atoms with van der Waals surface area (Å²) in [5.74, 6) is -4.34. The van der Waals surface area contributed by atoms with Gasteiger partial charge in [-0.25, -0.2) is 19.2 Å². The van der Waals surface area contributed by atoms with Crippen LogP contribution in [0.25, 0.3) is 0 Å². The second kappa shape index (κ2) is 9.50. The van der Waals surface area contributed by atoms with Crippen molar-refractivity contribution in [1.29, 1.82) is 0 Å². The van der Waals surface area contributed by atoms with Crippen molar-refractivity contribution in [1.82, 2.24) is 0 Å². The molecule has 4 N–H and O–H groups in total. The highest BCUT2D eigenvalue weighted by Gasteiger charge is 2.46. The zero-order chi connectivity index (χ0) is 20.7. The first kappa shape index (κ1) is 21.6. The van der Waals surface area contributed by atoms with Gasteiger partial charge < -0.3 is 10.2 Å². The number of benzene rings is 2. The molecule has 1 unspecified atom stereocenters. The van der Waals surface area contributed by atoms with Crippen molar-refractivity contribution in [3.8, 4) is 0 Å². The van der Waals surface area contributed by atoms with Gasteiger partial charge in [-0.05, 0) is 36.8 Å². The highest BCUT2D eigenvalue weighted by molar-refractivity contribution is 7.82. The molecule has 9 heteroatoms. The summed E-state index contributed by atoms with van der Waals surface area (Å²) in [7, 11) is -4.07. The van der Waals surface area contributed by atoms with Crippen LogP contribution in [0.3, 0.4) is 0 Å². The van der Waals surface area contributed by atoms with E-state index in [2.05, 4.69) is 4.99 Å². The monoisotopic (exact) mass is 408 g/mol. The predicted molar refractivity (Wildman–Crippen MR) is 103 cm³/mol. The first-order valence-electron chi connectivity index (χ1n) is 8.37. The summed E-state index contributed by atoms with van der Waals surface area (Å²) in [5, 5.41) is 18.1. The van der Waals surface area contributed by atoms with Crippen molar-refractivity contribution >= 4 is 30.8 Å². The molecule has 0 radical (unpaired) electrons. The maximum atomic E-state index is 13.5. The number of aliphatic carboxylic acids is 2. The molecular formula is C19H20FNO6P+. The van der Waals surface area contributed by atoms with Gasteiger partial charge in [0, 0.05) is 12.0 Å². The molecule has 7 nitrogen and oxygen atoms in total. The molecule has 148 valence electrons. The number of nitrogens with zero attached hydrogens (tertiary/aromatic N) is 1. The van der Waals surface area contributed by atoms with Gasteiger partial charge in [0.1, 0.15) is 12.0 Å². The van der Waals surface area contributed by atoms with Crippen molar-refractivity contribution in [3.05, 3.63) is 66.0 Å². The summed E-state index contributed by atoms with van der Waals surface area (Å²) in [4.78, 5) is 48.0. The molecule has 0 aliphatic carbocycles. The number of rotatable bonds is 9. The SMILES string of the molecule is O=C(O)CCC(C[P+](O)(O)C(=Nc1cccc(F)c1)c1ccccc1)C(=O)O. The Morgan fingerprint density at radius 3 is 2.29 bits per heavy atom. The molecule has 0 fully saturated rings. The first-order valence-corrected chi connectivity index (χ1v) is 10.3. The van der Waals surface area contributed by atoms with Gasteiger partial charge in [0.25, 0.3) is 0 Å². The fourth-order valence-corrected chi connectivity index (χ4v) is 4.56. The van der Waals surface area contributed by atoms with Gasteiger partial charge in [-0.15, -0.1) is 0 Å². The molecule has 2 aromatic rings. The number of carboxylic acid groups (broad SMARTS) is 2. The summed E-state index contributed by atoms with van der Waals surface area (Å²) < 4.78 is 13.5. The van der Waals surface area contributed by atoms with Crippen LogP contribution in [0.4, 0.5) is 10.1 Å². The summed E-state index contributed by atoms with van der Waals surface area (Å²) >= 11 is 0. The van der Waals surface area contributed by atoms with Crippen LogP contribution in [0.5, 0.6) is 0 Å². The van der Waals surface area contributed by atoms with Crippen molar-refractivity contribution in [2.45, 2.75) is 12.8 Å². The molecule has 0 heterocycles. The maximum absolute atomic E-state index is 13.5. The molecule has 0 aliphatic rings. The molecule has 0 saturated heterocycles. The van der Waals surface area contributed by atoms with Crippen LogP contribution in [0.1, 0.15) is 18.4 Å². The van der Waals surface area contributed by atoms with Crippen LogP contribution < -0.4 is 0 Å². The van der Waals surface area contributed by atoms with Gasteiger partial charge in [0.05, 0.1) is 11.6 Å². The van der Waals surface area contributed by atoms with E-state index in [1.807, 2.05) is 0 Å². The highest BCUT2D eigenvalue weighted by Crippen LogP contribution is 2.56. The highest BCUT2D eigenvalue weighted by atomic mass is 31.2. The molecular weight excluding hydrogens is 388 g/mol. The minimum Gasteiger partial charge on any atom is -0.481 e. The normalized spacial score (nSPS) is 13.2. The molecule has 0 aromatic heterocycles. The largest absolute Gasteiger partial charge is 0.481 e. The van der Waals surface area contributed by atoms with Gasteiger partial charge in [-0.2, -0.15) is 0 Å². The number of halogens is 1. The maximum Gasteiger partial charge on any atom is 0.320 e. The molecule has 0 amide bonds. The minimum atomic E-state index is -4.07. The van der Waals surface area contributed by atoms with Crippen molar-refractivity contribution in [3.63, 3.8) is 0 Å². The van der Waals surface area contributed by atoms with Crippen molar-refractivity contribution in [2.24, 2.45) is 10.9 Å². The van der Waals surface area contributed by atoms with E-state index in [1.54, 1.807) is 30.3 Å². The Morgan fingerprint density at radius 2 is 1.71 bits per heavy atom. The minimum absolute atomic E-state index is 0.142. The molecule has 0 aliphatic heterocycles. The summed E-state index contributed by atoms with van der Waals surface area (Å²) in [6.07, 6.45) is -1.24. The predicted octanol–water partition coefficient (Wildman–Crippen LogP) is 3.30. The van der Waals surface area contributed by atoms with E-state index in [4.69, 9.17) is 5.11 Å². The summed E-state index contributed by atoms with van der Waals surface area (Å²) in [6, 6.07) is 13.4. The van der Waals surface area contributed by atoms with Crippen LogP contribution >= 0.6 is 7.72 Å². The van der Waals surface area contributed by atoms with Crippen LogP contribution in [0, 0.1) is 11.7 Å². The number of hydrogen-bond acceptors (Lipinski definition) is 5. The summed E-state index contributed by atoms with van der Waals surface area (Å²) in [6.45, 7) is 0. The van der Waals surface area contributed by atoms with E-state index < -0.39 is 44.0 Å². The Hall–Kier alpha value is -2.67. The first-order chi connectivity index (χ1) is 13.2. The van der Waals surface area contributed by atoms with Crippen LogP contribution in [-0.4, -0.2) is 43.6 Å². The van der Waals surface area contributed by atoms with E-state index in [1.165, 1.54) is 18.2 Å². The third kappa shape index (κ3) is 6.20. The lowest BCUT2D eigenvalue weighted by atomic mass is 10.1. The van der Waals surface area contributed by atoms with E-state index in [9.17, 15) is 28.9 Å². The lowest BCUT2D eigenvalue weighted by molar-refractivity contribution is -0.142. The number of aliphatic imine (C=N–C) groups is 1. The van der Waals surface area contributed by atoms with Crippen LogP contribution in [0.15, 0.2) is 59.6 Å². The third-order valence-electron chi connectivity index (χ3n) is 3.95. The van der Waals surface area contributed by atoms with E-state index in [0.29, 0.717) is 5.56 Å². The molecule has 1 atom stereocenters. The van der Waals surface area contributed by atoms with Crippen LogP contribution in [0.2, 0.25) is 0 Å². The molecule has 0 bridgehead atoms. The smallest absolute Gasteiger partial charge is 0.320 e. The van der Waals surface area contributed by atoms with E-state index in [-0.39, 0.29) is 17.6 Å². The van der Waals surface area contributed by atoms with Gasteiger partial charge >= 0.3 is 19.7 Å². The number of carboxylic acids is 2. The fraction of sp³-hybridized carbons (Fsp3) is 0.211.